The lowest BCUT2D eigenvalue weighted by Crippen LogP contribution is -2.20. The Morgan fingerprint density at radius 2 is 2.00 bits per heavy atom. The van der Waals surface area contributed by atoms with Crippen molar-refractivity contribution in [3.05, 3.63) is 50.9 Å². The van der Waals surface area contributed by atoms with Crippen LogP contribution in [0.2, 0.25) is 5.02 Å². The Hall–Kier alpha value is -1.81. The minimum atomic E-state index is -0.297. The Bertz CT molecular complexity index is 709. The van der Waals surface area contributed by atoms with E-state index in [1.165, 1.54) is 28.7 Å². The quantitative estimate of drug-likeness (QED) is 0.924. The highest BCUT2D eigenvalue weighted by atomic mass is 35.5. The first-order valence-corrected chi connectivity index (χ1v) is 7.13. The fourth-order valence-electron chi connectivity index (χ4n) is 2.56. The summed E-state index contributed by atoms with van der Waals surface area (Å²) in [6, 6.07) is 6.32. The van der Waals surface area contributed by atoms with Gasteiger partial charge in [0.15, 0.2) is 0 Å². The third-order valence-electron chi connectivity index (χ3n) is 3.71. The second-order valence-corrected chi connectivity index (χ2v) is 5.49. The van der Waals surface area contributed by atoms with Crippen LogP contribution in [0.25, 0.3) is 0 Å². The second-order valence-electron chi connectivity index (χ2n) is 5.12. The smallest absolute Gasteiger partial charge is 0.287 e. The van der Waals surface area contributed by atoms with Crippen LogP contribution in [-0.4, -0.2) is 9.78 Å². The van der Waals surface area contributed by atoms with Gasteiger partial charge in [-0.2, -0.15) is 5.10 Å². The molecule has 104 valence electrons. The van der Waals surface area contributed by atoms with E-state index in [0.717, 1.165) is 18.5 Å². The van der Waals surface area contributed by atoms with Crippen molar-refractivity contribution in [2.75, 3.05) is 5.32 Å². The van der Waals surface area contributed by atoms with Gasteiger partial charge in [0.05, 0.1) is 11.9 Å². The molecule has 20 heavy (non-hydrogen) atoms. The van der Waals surface area contributed by atoms with E-state index in [-0.39, 0.29) is 10.6 Å². The lowest BCUT2D eigenvalue weighted by atomic mass is 9.91. The van der Waals surface area contributed by atoms with Crippen molar-refractivity contribution in [2.45, 2.75) is 25.7 Å². The SMILES string of the molecule is Cn1ncc(Nc2ccc3c(c2)CCCC3)c(Cl)c1=O. The first-order valence-electron chi connectivity index (χ1n) is 6.76. The first kappa shape index (κ1) is 13.2. The standard InChI is InChI=1S/C15H16ClN3O/c1-19-15(20)14(16)13(9-17-19)18-12-7-6-10-4-2-3-5-11(10)8-12/h6-9,18H,2-5H2,1H3. The molecule has 1 aromatic heterocycles. The largest absolute Gasteiger partial charge is 0.353 e. The molecule has 0 spiro atoms. The predicted molar refractivity (Wildman–Crippen MR) is 80.9 cm³/mol. The van der Waals surface area contributed by atoms with Gasteiger partial charge in [-0.05, 0) is 48.9 Å². The molecule has 0 atom stereocenters. The van der Waals surface area contributed by atoms with Crippen molar-refractivity contribution in [2.24, 2.45) is 7.05 Å². The third-order valence-corrected chi connectivity index (χ3v) is 4.07. The summed E-state index contributed by atoms with van der Waals surface area (Å²) in [7, 11) is 1.58. The number of nitrogens with zero attached hydrogens (tertiary/aromatic N) is 2. The average Bonchev–Trinajstić information content (AvgIpc) is 2.48. The molecule has 0 bridgehead atoms. The molecule has 0 aliphatic heterocycles. The Morgan fingerprint density at radius 1 is 1.25 bits per heavy atom. The van der Waals surface area contributed by atoms with E-state index in [1.807, 2.05) is 6.07 Å². The molecule has 1 aliphatic rings. The van der Waals surface area contributed by atoms with Crippen LogP contribution in [0.5, 0.6) is 0 Å². The topological polar surface area (TPSA) is 46.9 Å². The number of benzene rings is 1. The van der Waals surface area contributed by atoms with E-state index in [2.05, 4.69) is 22.5 Å². The fourth-order valence-corrected chi connectivity index (χ4v) is 2.78. The molecule has 0 saturated carbocycles. The number of nitrogens with one attached hydrogen (secondary N) is 1. The van der Waals surface area contributed by atoms with Crippen LogP contribution in [0.3, 0.4) is 0 Å². The Labute approximate surface area is 122 Å². The van der Waals surface area contributed by atoms with Gasteiger partial charge in [0.1, 0.15) is 5.02 Å². The number of hydrogen-bond acceptors (Lipinski definition) is 3. The van der Waals surface area contributed by atoms with Crippen molar-refractivity contribution < 1.29 is 0 Å². The van der Waals surface area contributed by atoms with Crippen molar-refractivity contribution in [1.82, 2.24) is 9.78 Å². The van der Waals surface area contributed by atoms with Gasteiger partial charge in [-0.25, -0.2) is 4.68 Å². The molecule has 0 saturated heterocycles. The van der Waals surface area contributed by atoms with Crippen LogP contribution in [0.4, 0.5) is 11.4 Å². The summed E-state index contributed by atoms with van der Waals surface area (Å²) in [6.45, 7) is 0. The molecule has 0 fully saturated rings. The normalized spacial score (nSPS) is 13.9. The van der Waals surface area contributed by atoms with Gasteiger partial charge in [-0.15, -0.1) is 0 Å². The van der Waals surface area contributed by atoms with E-state index in [1.54, 1.807) is 13.2 Å². The van der Waals surface area contributed by atoms with Crippen molar-refractivity contribution in [3.63, 3.8) is 0 Å². The van der Waals surface area contributed by atoms with E-state index in [0.29, 0.717) is 5.69 Å². The van der Waals surface area contributed by atoms with Gasteiger partial charge in [-0.3, -0.25) is 4.79 Å². The summed E-state index contributed by atoms with van der Waals surface area (Å²) in [5, 5.41) is 7.33. The van der Waals surface area contributed by atoms with Crippen molar-refractivity contribution >= 4 is 23.0 Å². The molecule has 0 radical (unpaired) electrons. The fraction of sp³-hybridized carbons (Fsp3) is 0.333. The molecule has 1 aromatic carbocycles. The van der Waals surface area contributed by atoms with Crippen LogP contribution in [-0.2, 0) is 19.9 Å². The van der Waals surface area contributed by atoms with Gasteiger partial charge >= 0.3 is 0 Å². The van der Waals surface area contributed by atoms with Crippen molar-refractivity contribution in [1.29, 1.82) is 0 Å². The molecular formula is C15H16ClN3O. The highest BCUT2D eigenvalue weighted by Gasteiger charge is 2.11. The number of halogens is 1. The second kappa shape index (κ2) is 5.29. The Kier molecular flexibility index (Phi) is 3.49. The molecule has 5 heteroatoms. The Morgan fingerprint density at radius 3 is 2.80 bits per heavy atom. The zero-order chi connectivity index (χ0) is 14.1. The van der Waals surface area contributed by atoms with Gasteiger partial charge < -0.3 is 5.32 Å². The zero-order valence-corrected chi connectivity index (χ0v) is 12.1. The highest BCUT2D eigenvalue weighted by molar-refractivity contribution is 6.33. The summed E-state index contributed by atoms with van der Waals surface area (Å²) in [4.78, 5) is 11.7. The van der Waals surface area contributed by atoms with Gasteiger partial charge in [0.25, 0.3) is 5.56 Å². The average molecular weight is 290 g/mol. The summed E-state index contributed by atoms with van der Waals surface area (Å²) < 4.78 is 1.22. The predicted octanol–water partition coefficient (Wildman–Crippen LogP) is 3.06. The van der Waals surface area contributed by atoms with E-state index >= 15 is 0 Å². The maximum atomic E-state index is 11.7. The number of aromatic nitrogens is 2. The third kappa shape index (κ3) is 2.43. The van der Waals surface area contributed by atoms with E-state index in [4.69, 9.17) is 11.6 Å². The van der Waals surface area contributed by atoms with E-state index < -0.39 is 0 Å². The maximum absolute atomic E-state index is 11.7. The molecule has 1 N–H and O–H groups in total. The number of rotatable bonds is 2. The summed E-state index contributed by atoms with van der Waals surface area (Å²) in [5.41, 5.74) is 4.01. The molecule has 1 heterocycles. The number of anilines is 2. The number of hydrogen-bond donors (Lipinski definition) is 1. The lowest BCUT2D eigenvalue weighted by molar-refractivity contribution is 0.686. The highest BCUT2D eigenvalue weighted by Crippen LogP contribution is 2.27. The minimum absolute atomic E-state index is 0.167. The molecule has 1 aliphatic carbocycles. The molecule has 3 rings (SSSR count). The molecule has 0 unspecified atom stereocenters. The van der Waals surface area contributed by atoms with Crippen LogP contribution >= 0.6 is 11.6 Å². The van der Waals surface area contributed by atoms with Gasteiger partial charge in [0.2, 0.25) is 0 Å². The monoisotopic (exact) mass is 289 g/mol. The van der Waals surface area contributed by atoms with Crippen LogP contribution < -0.4 is 10.9 Å². The zero-order valence-electron chi connectivity index (χ0n) is 11.3. The van der Waals surface area contributed by atoms with Crippen LogP contribution in [0, 0.1) is 0 Å². The molecule has 4 nitrogen and oxygen atoms in total. The summed E-state index contributed by atoms with van der Waals surface area (Å²) in [6.07, 6.45) is 6.36. The Balaban J connectivity index is 1.92. The van der Waals surface area contributed by atoms with Crippen LogP contribution in [0.1, 0.15) is 24.0 Å². The van der Waals surface area contributed by atoms with E-state index in [9.17, 15) is 4.79 Å². The maximum Gasteiger partial charge on any atom is 0.287 e. The van der Waals surface area contributed by atoms with Crippen molar-refractivity contribution in [3.8, 4) is 0 Å². The van der Waals surface area contributed by atoms with Gasteiger partial charge in [-0.1, -0.05) is 17.7 Å². The van der Waals surface area contributed by atoms with Crippen LogP contribution in [0.15, 0.2) is 29.2 Å². The first-order chi connectivity index (χ1) is 9.65. The number of fused-ring (bicyclic) bond motifs is 1. The molecular weight excluding hydrogens is 274 g/mol. The number of aryl methyl sites for hydroxylation is 3. The summed E-state index contributed by atoms with van der Waals surface area (Å²) >= 11 is 6.06. The van der Waals surface area contributed by atoms with Gasteiger partial charge in [0, 0.05) is 12.7 Å². The lowest BCUT2D eigenvalue weighted by Gasteiger charge is -2.17. The minimum Gasteiger partial charge on any atom is -0.353 e. The molecule has 0 amide bonds. The summed E-state index contributed by atoms with van der Waals surface area (Å²) in [5.74, 6) is 0. The molecule has 2 aromatic rings.